The monoisotopic (exact) mass is 339 g/mol. The smallest absolute Gasteiger partial charge is 0.277 e. The molecule has 0 saturated carbocycles. The summed E-state index contributed by atoms with van der Waals surface area (Å²) >= 11 is 11.5. The van der Waals surface area contributed by atoms with Crippen LogP contribution in [0.1, 0.15) is 10.4 Å². The van der Waals surface area contributed by atoms with Gasteiger partial charge >= 0.3 is 0 Å². The van der Waals surface area contributed by atoms with Crippen LogP contribution in [-0.4, -0.2) is 37.4 Å². The molecule has 2 amide bonds. The van der Waals surface area contributed by atoms with Gasteiger partial charge in [0.05, 0.1) is 29.7 Å². The van der Waals surface area contributed by atoms with Crippen LogP contribution < -0.4 is 16.4 Å². The molecule has 116 valence electrons. The van der Waals surface area contributed by atoms with Crippen LogP contribution in [0, 0.1) is 0 Å². The number of hydrogen-bond acceptors (Lipinski definition) is 3. The second-order valence-electron chi connectivity index (χ2n) is 4.15. The third-order valence-electron chi connectivity index (χ3n) is 2.43. The Bertz CT molecular complexity index is 541. The lowest BCUT2D eigenvalue weighted by Gasteiger charge is -2.14. The predicted molar refractivity (Wildman–Crippen MR) is 75.8 cm³/mol. The number of nitrogens with one attached hydrogen (secondary N) is 2. The number of carbonyl (C=O) groups is 2. The van der Waals surface area contributed by atoms with Crippen molar-refractivity contribution in [2.45, 2.75) is 5.92 Å². The summed E-state index contributed by atoms with van der Waals surface area (Å²) in [4.78, 5) is 23.0. The second-order valence-corrected chi connectivity index (χ2v) is 4.96. The number of nitrogens with two attached hydrogens (primary N) is 1. The molecule has 9 heteroatoms. The van der Waals surface area contributed by atoms with Gasteiger partial charge in [-0.05, 0) is 18.2 Å². The molecule has 21 heavy (non-hydrogen) atoms. The zero-order chi connectivity index (χ0) is 16.0. The fourth-order valence-corrected chi connectivity index (χ4v) is 1.56. The molecule has 0 aliphatic rings. The second kappa shape index (κ2) is 7.53. The zero-order valence-electron chi connectivity index (χ0n) is 10.8. The maximum atomic E-state index is 12.8. The van der Waals surface area contributed by atoms with Gasteiger partial charge in [0, 0.05) is 5.56 Å². The molecule has 5 nitrogen and oxygen atoms in total. The Kier molecular flexibility index (Phi) is 6.32. The topological polar surface area (TPSA) is 84.2 Å². The molecule has 0 aromatic heterocycles. The molecular weight excluding hydrogens is 327 g/mol. The van der Waals surface area contributed by atoms with Crippen molar-refractivity contribution in [2.75, 3.05) is 19.6 Å². The van der Waals surface area contributed by atoms with Crippen molar-refractivity contribution in [3.05, 3.63) is 33.8 Å². The van der Waals surface area contributed by atoms with Gasteiger partial charge in [0.25, 0.3) is 11.8 Å². The summed E-state index contributed by atoms with van der Waals surface area (Å²) in [5, 5.41) is 4.72. The van der Waals surface area contributed by atoms with Crippen molar-refractivity contribution in [2.24, 2.45) is 5.73 Å². The summed E-state index contributed by atoms with van der Waals surface area (Å²) in [5.41, 5.74) is 5.02. The van der Waals surface area contributed by atoms with E-state index in [4.69, 9.17) is 28.9 Å². The first-order valence-electron chi connectivity index (χ1n) is 5.83. The maximum absolute atomic E-state index is 12.8. The molecule has 1 rings (SSSR count). The lowest BCUT2D eigenvalue weighted by atomic mass is 10.2. The Balaban J connectivity index is 2.45. The molecular formula is C12H13Cl2F2N3O2. The van der Waals surface area contributed by atoms with Gasteiger partial charge in [0.15, 0.2) is 0 Å². The average Bonchev–Trinajstić information content (AvgIpc) is 2.45. The SMILES string of the molecule is NCC(F)(F)CNC(=O)CNC(=O)c1ccc(Cl)c(Cl)c1. The van der Waals surface area contributed by atoms with E-state index in [1.54, 1.807) is 0 Å². The van der Waals surface area contributed by atoms with Gasteiger partial charge in [-0.1, -0.05) is 23.2 Å². The highest BCUT2D eigenvalue weighted by Gasteiger charge is 2.27. The largest absolute Gasteiger partial charge is 0.348 e. The summed E-state index contributed by atoms with van der Waals surface area (Å²) in [5.74, 6) is -4.51. The Hall–Kier alpha value is -1.44. The first-order valence-corrected chi connectivity index (χ1v) is 6.58. The highest BCUT2D eigenvalue weighted by Crippen LogP contribution is 2.22. The Morgan fingerprint density at radius 2 is 1.86 bits per heavy atom. The normalized spacial score (nSPS) is 11.1. The van der Waals surface area contributed by atoms with Crippen LogP contribution in [0.3, 0.4) is 0 Å². The fraction of sp³-hybridized carbons (Fsp3) is 0.333. The standard InChI is InChI=1S/C12H13Cl2F2N3O2/c13-8-2-1-7(3-9(8)14)11(21)18-4-10(20)19-6-12(15,16)5-17/h1-3H,4-6,17H2,(H,18,21)(H,19,20). The zero-order valence-corrected chi connectivity index (χ0v) is 12.3. The van der Waals surface area contributed by atoms with Crippen molar-refractivity contribution in [1.82, 2.24) is 10.6 Å². The van der Waals surface area contributed by atoms with Crippen molar-refractivity contribution >= 4 is 35.0 Å². The van der Waals surface area contributed by atoms with Gasteiger partial charge in [-0.3, -0.25) is 9.59 Å². The van der Waals surface area contributed by atoms with Gasteiger partial charge in [0.1, 0.15) is 0 Å². The first kappa shape index (κ1) is 17.6. The molecule has 0 spiro atoms. The molecule has 0 fully saturated rings. The summed E-state index contributed by atoms with van der Waals surface area (Å²) in [6.45, 7) is -2.20. The van der Waals surface area contributed by atoms with E-state index in [0.717, 1.165) is 0 Å². The summed E-state index contributed by atoms with van der Waals surface area (Å²) in [6.07, 6.45) is 0. The lowest BCUT2D eigenvalue weighted by Crippen LogP contribution is -2.45. The van der Waals surface area contributed by atoms with E-state index < -0.39 is 37.4 Å². The number of benzene rings is 1. The van der Waals surface area contributed by atoms with E-state index in [0.29, 0.717) is 0 Å². The molecule has 0 bridgehead atoms. The van der Waals surface area contributed by atoms with Gasteiger partial charge < -0.3 is 16.4 Å². The molecule has 0 heterocycles. The van der Waals surface area contributed by atoms with Gasteiger partial charge in [0.2, 0.25) is 5.91 Å². The highest BCUT2D eigenvalue weighted by atomic mass is 35.5. The van der Waals surface area contributed by atoms with E-state index in [-0.39, 0.29) is 15.6 Å². The molecule has 0 atom stereocenters. The van der Waals surface area contributed by atoms with Gasteiger partial charge in [-0.2, -0.15) is 0 Å². The summed E-state index contributed by atoms with van der Waals surface area (Å²) < 4.78 is 25.6. The van der Waals surface area contributed by atoms with Gasteiger partial charge in [-0.15, -0.1) is 0 Å². The van der Waals surface area contributed by atoms with Crippen LogP contribution in [-0.2, 0) is 4.79 Å². The van der Waals surface area contributed by atoms with Crippen molar-refractivity contribution in [3.8, 4) is 0 Å². The number of hydrogen-bond donors (Lipinski definition) is 3. The van der Waals surface area contributed by atoms with Crippen molar-refractivity contribution in [1.29, 1.82) is 0 Å². The Morgan fingerprint density at radius 1 is 1.19 bits per heavy atom. The van der Waals surface area contributed by atoms with Crippen molar-refractivity contribution < 1.29 is 18.4 Å². The third kappa shape index (κ3) is 5.82. The number of halogens is 4. The molecule has 0 aliphatic heterocycles. The van der Waals surface area contributed by atoms with E-state index in [1.807, 2.05) is 5.32 Å². The van der Waals surface area contributed by atoms with Crippen molar-refractivity contribution in [3.63, 3.8) is 0 Å². The van der Waals surface area contributed by atoms with Crippen LogP contribution >= 0.6 is 23.2 Å². The molecule has 1 aromatic rings. The number of amides is 2. The Morgan fingerprint density at radius 3 is 2.43 bits per heavy atom. The quantitative estimate of drug-likeness (QED) is 0.733. The average molecular weight is 340 g/mol. The van der Waals surface area contributed by atoms with E-state index in [2.05, 4.69) is 5.32 Å². The molecule has 4 N–H and O–H groups in total. The minimum Gasteiger partial charge on any atom is -0.348 e. The third-order valence-corrected chi connectivity index (χ3v) is 3.17. The number of carbonyl (C=O) groups excluding carboxylic acids is 2. The van der Waals surface area contributed by atoms with Crippen LogP contribution in [0.4, 0.5) is 8.78 Å². The van der Waals surface area contributed by atoms with Crippen LogP contribution in [0.5, 0.6) is 0 Å². The van der Waals surface area contributed by atoms with Crippen LogP contribution in [0.15, 0.2) is 18.2 Å². The maximum Gasteiger partial charge on any atom is 0.277 e. The van der Waals surface area contributed by atoms with E-state index in [9.17, 15) is 18.4 Å². The minimum absolute atomic E-state index is 0.191. The van der Waals surface area contributed by atoms with E-state index >= 15 is 0 Å². The van der Waals surface area contributed by atoms with Crippen LogP contribution in [0.2, 0.25) is 10.0 Å². The lowest BCUT2D eigenvalue weighted by molar-refractivity contribution is -0.121. The predicted octanol–water partition coefficient (Wildman–Crippen LogP) is 1.43. The van der Waals surface area contributed by atoms with Crippen LogP contribution in [0.25, 0.3) is 0 Å². The van der Waals surface area contributed by atoms with Gasteiger partial charge in [-0.25, -0.2) is 8.78 Å². The summed E-state index contributed by atoms with van der Waals surface area (Å²) in [6, 6.07) is 4.18. The molecule has 0 radical (unpaired) electrons. The fourth-order valence-electron chi connectivity index (χ4n) is 1.26. The molecule has 0 saturated heterocycles. The highest BCUT2D eigenvalue weighted by molar-refractivity contribution is 6.42. The molecule has 0 aliphatic carbocycles. The number of alkyl halides is 2. The molecule has 1 aromatic carbocycles. The molecule has 0 unspecified atom stereocenters. The first-order chi connectivity index (χ1) is 9.75. The summed E-state index contributed by atoms with van der Waals surface area (Å²) in [7, 11) is 0. The van der Waals surface area contributed by atoms with E-state index in [1.165, 1.54) is 18.2 Å². The Labute approximate surface area is 129 Å². The number of rotatable bonds is 6. The minimum atomic E-state index is -3.18.